The molecule has 0 bridgehead atoms. The number of hydrogen-bond donors (Lipinski definition) is 1. The zero-order valence-electron chi connectivity index (χ0n) is 16.4. The molecule has 0 fully saturated rings. The number of nitrogens with two attached hydrogens (primary N) is 1. The van der Waals surface area contributed by atoms with Crippen molar-refractivity contribution in [2.75, 3.05) is 13.7 Å². The van der Waals surface area contributed by atoms with Crippen molar-refractivity contribution in [2.24, 2.45) is 5.73 Å². The molecule has 0 saturated heterocycles. The molecular formula is C24H24N2O3. The quantitative estimate of drug-likeness (QED) is 0.534. The van der Waals surface area contributed by atoms with E-state index in [0.29, 0.717) is 36.2 Å². The lowest BCUT2D eigenvalue weighted by Gasteiger charge is -2.14. The van der Waals surface area contributed by atoms with Gasteiger partial charge in [0.1, 0.15) is 19.0 Å². The Hall–Kier alpha value is -3.73. The van der Waals surface area contributed by atoms with Crippen LogP contribution in [0.1, 0.15) is 5.56 Å². The van der Waals surface area contributed by atoms with E-state index in [2.05, 4.69) is 11.6 Å². The van der Waals surface area contributed by atoms with E-state index in [4.69, 9.17) is 19.9 Å². The molecule has 5 nitrogen and oxygen atoms in total. The fraction of sp³-hybridized carbons (Fsp3) is 0.125. The average Bonchev–Trinajstić information content (AvgIpc) is 2.75. The van der Waals surface area contributed by atoms with Crippen LogP contribution in [0, 0.1) is 0 Å². The van der Waals surface area contributed by atoms with Crippen molar-refractivity contribution in [3.05, 3.63) is 96.9 Å². The highest BCUT2D eigenvalue weighted by Gasteiger charge is 2.11. The summed E-state index contributed by atoms with van der Waals surface area (Å²) in [5.74, 6) is 1.97. The molecule has 0 unspecified atom stereocenters. The predicted octanol–water partition coefficient (Wildman–Crippen LogP) is 4.79. The summed E-state index contributed by atoms with van der Waals surface area (Å²) in [7, 11) is 1.61. The molecule has 1 heterocycles. The topological polar surface area (TPSA) is 66.6 Å². The van der Waals surface area contributed by atoms with E-state index in [1.807, 2.05) is 54.6 Å². The number of fused-ring (bicyclic) bond motifs is 1. The number of hydrogen-bond acceptors (Lipinski definition) is 5. The average molecular weight is 388 g/mol. The number of rotatable bonds is 9. The minimum atomic E-state index is 0.372. The number of allylic oxidation sites excluding steroid dienone is 3. The fourth-order valence-electron chi connectivity index (χ4n) is 2.78. The Morgan fingerprint density at radius 2 is 1.90 bits per heavy atom. The summed E-state index contributed by atoms with van der Waals surface area (Å²) in [6, 6.07) is 15.5. The van der Waals surface area contributed by atoms with E-state index in [9.17, 15) is 0 Å². The van der Waals surface area contributed by atoms with Crippen LogP contribution in [-0.2, 0) is 6.61 Å². The molecule has 0 amide bonds. The first-order valence-electron chi connectivity index (χ1n) is 9.22. The molecule has 5 heteroatoms. The third kappa shape index (κ3) is 5.39. The van der Waals surface area contributed by atoms with Gasteiger partial charge in [0.2, 0.25) is 0 Å². The summed E-state index contributed by atoms with van der Waals surface area (Å²) in [4.78, 5) is 4.42. The van der Waals surface area contributed by atoms with Crippen LogP contribution in [0.25, 0.3) is 10.9 Å². The Labute approximate surface area is 170 Å². The molecule has 3 rings (SSSR count). The third-order valence-electron chi connectivity index (χ3n) is 4.18. The van der Waals surface area contributed by atoms with Crippen molar-refractivity contribution in [3.63, 3.8) is 0 Å². The Morgan fingerprint density at radius 3 is 2.66 bits per heavy atom. The maximum atomic E-state index is 6.01. The lowest BCUT2D eigenvalue weighted by atomic mass is 10.1. The first kappa shape index (κ1) is 20.0. The van der Waals surface area contributed by atoms with Crippen LogP contribution in [-0.4, -0.2) is 18.7 Å². The molecule has 2 aromatic carbocycles. The van der Waals surface area contributed by atoms with Crippen LogP contribution in [0.5, 0.6) is 17.2 Å². The molecule has 0 aliphatic heterocycles. The second kappa shape index (κ2) is 9.99. The van der Waals surface area contributed by atoms with Crippen LogP contribution in [0.2, 0.25) is 0 Å². The summed E-state index contributed by atoms with van der Waals surface area (Å²) in [5.41, 5.74) is 8.25. The Kier molecular flexibility index (Phi) is 6.90. The van der Waals surface area contributed by atoms with Crippen molar-refractivity contribution in [3.8, 4) is 17.2 Å². The van der Waals surface area contributed by atoms with Gasteiger partial charge in [0.15, 0.2) is 11.5 Å². The largest absolute Gasteiger partial charge is 0.493 e. The van der Waals surface area contributed by atoms with Crippen LogP contribution in [0.4, 0.5) is 0 Å². The van der Waals surface area contributed by atoms with Crippen molar-refractivity contribution in [2.45, 2.75) is 6.61 Å². The van der Waals surface area contributed by atoms with Gasteiger partial charge in [0.05, 0.1) is 12.6 Å². The molecule has 0 aliphatic carbocycles. The Bertz CT molecular complexity index is 1030. The highest BCUT2D eigenvalue weighted by atomic mass is 16.5. The summed E-state index contributed by atoms with van der Waals surface area (Å²) in [6.07, 6.45) is 8.69. The Balaban J connectivity index is 1.82. The number of aromatic nitrogens is 1. The molecule has 148 valence electrons. The standard InChI is InChI=1S/C24H24N2O3/c1-3-8-19(25)11-7-14-28-22-12-13-26-21-16-23(27-2)24(15-20(21)22)29-17-18-9-5-4-6-10-18/h3-13,15-16H,1,14,17,25H2,2H3/b11-7-,19-8+. The van der Waals surface area contributed by atoms with Gasteiger partial charge in [-0.05, 0) is 35.9 Å². The molecule has 0 spiro atoms. The first-order chi connectivity index (χ1) is 14.2. The minimum Gasteiger partial charge on any atom is -0.493 e. The first-order valence-corrected chi connectivity index (χ1v) is 9.22. The Morgan fingerprint density at radius 1 is 1.07 bits per heavy atom. The van der Waals surface area contributed by atoms with Gasteiger partial charge in [0, 0.05) is 23.3 Å². The van der Waals surface area contributed by atoms with Gasteiger partial charge < -0.3 is 19.9 Å². The van der Waals surface area contributed by atoms with Crippen LogP contribution >= 0.6 is 0 Å². The van der Waals surface area contributed by atoms with E-state index in [1.54, 1.807) is 31.5 Å². The van der Waals surface area contributed by atoms with E-state index >= 15 is 0 Å². The molecule has 29 heavy (non-hydrogen) atoms. The van der Waals surface area contributed by atoms with E-state index in [1.165, 1.54) is 0 Å². The zero-order valence-corrected chi connectivity index (χ0v) is 16.4. The second-order valence-corrected chi connectivity index (χ2v) is 6.22. The lowest BCUT2D eigenvalue weighted by Crippen LogP contribution is -2.00. The summed E-state index contributed by atoms with van der Waals surface area (Å²) in [5, 5.41) is 0.847. The smallest absolute Gasteiger partial charge is 0.162 e. The maximum absolute atomic E-state index is 6.01. The van der Waals surface area contributed by atoms with Gasteiger partial charge in [-0.2, -0.15) is 0 Å². The number of benzene rings is 2. The third-order valence-corrected chi connectivity index (χ3v) is 4.18. The number of ether oxygens (including phenoxy) is 3. The van der Waals surface area contributed by atoms with Crippen LogP contribution < -0.4 is 19.9 Å². The molecular weight excluding hydrogens is 364 g/mol. The zero-order chi connectivity index (χ0) is 20.5. The van der Waals surface area contributed by atoms with Crippen molar-refractivity contribution in [1.82, 2.24) is 4.98 Å². The van der Waals surface area contributed by atoms with Crippen LogP contribution in [0.15, 0.2) is 91.3 Å². The van der Waals surface area contributed by atoms with E-state index in [0.717, 1.165) is 16.5 Å². The van der Waals surface area contributed by atoms with Crippen molar-refractivity contribution >= 4 is 10.9 Å². The fourth-order valence-corrected chi connectivity index (χ4v) is 2.78. The number of pyridine rings is 1. The van der Waals surface area contributed by atoms with Crippen molar-refractivity contribution < 1.29 is 14.2 Å². The molecule has 1 aromatic heterocycles. The van der Waals surface area contributed by atoms with E-state index in [-0.39, 0.29) is 0 Å². The highest BCUT2D eigenvalue weighted by molar-refractivity contribution is 5.88. The number of methoxy groups -OCH3 is 1. The number of nitrogens with zero attached hydrogens (tertiary/aromatic N) is 1. The lowest BCUT2D eigenvalue weighted by molar-refractivity contribution is 0.285. The predicted molar refractivity (Wildman–Crippen MR) is 116 cm³/mol. The van der Waals surface area contributed by atoms with Gasteiger partial charge >= 0.3 is 0 Å². The van der Waals surface area contributed by atoms with Crippen molar-refractivity contribution in [1.29, 1.82) is 0 Å². The molecule has 3 aromatic rings. The second-order valence-electron chi connectivity index (χ2n) is 6.22. The summed E-state index contributed by atoms with van der Waals surface area (Å²) < 4.78 is 17.4. The summed E-state index contributed by atoms with van der Waals surface area (Å²) in [6.45, 7) is 4.43. The SMILES string of the molecule is C=C/C=C(N)\C=C/COc1ccnc2cc(OC)c(OCc3ccccc3)cc12. The van der Waals surface area contributed by atoms with E-state index < -0.39 is 0 Å². The molecule has 0 atom stereocenters. The molecule has 0 saturated carbocycles. The van der Waals surface area contributed by atoms with Gasteiger partial charge in [-0.15, -0.1) is 0 Å². The normalized spacial score (nSPS) is 11.6. The summed E-state index contributed by atoms with van der Waals surface area (Å²) >= 11 is 0. The monoisotopic (exact) mass is 388 g/mol. The van der Waals surface area contributed by atoms with Gasteiger partial charge in [-0.1, -0.05) is 43.0 Å². The minimum absolute atomic E-state index is 0.372. The molecule has 0 aliphatic rings. The molecule has 2 N–H and O–H groups in total. The van der Waals surface area contributed by atoms with Gasteiger partial charge in [0.25, 0.3) is 0 Å². The van der Waals surface area contributed by atoms with Gasteiger partial charge in [-0.25, -0.2) is 0 Å². The van der Waals surface area contributed by atoms with Gasteiger partial charge in [-0.3, -0.25) is 4.98 Å². The highest BCUT2D eigenvalue weighted by Crippen LogP contribution is 2.36. The maximum Gasteiger partial charge on any atom is 0.162 e. The molecule has 0 radical (unpaired) electrons. The van der Waals surface area contributed by atoms with Crippen LogP contribution in [0.3, 0.4) is 0 Å².